The zero-order valence-corrected chi connectivity index (χ0v) is 23.1. The highest BCUT2D eigenvalue weighted by atomic mass is 16.5. The third kappa shape index (κ3) is 4.87. The lowest BCUT2D eigenvalue weighted by Gasteiger charge is -2.25. The zero-order chi connectivity index (χ0) is 27.4. The lowest BCUT2D eigenvalue weighted by atomic mass is 9.91. The summed E-state index contributed by atoms with van der Waals surface area (Å²) in [6.45, 7) is 10.7. The van der Waals surface area contributed by atoms with Crippen molar-refractivity contribution in [2.75, 3.05) is 26.4 Å². The number of aryl methyl sites for hydroxylation is 1. The summed E-state index contributed by atoms with van der Waals surface area (Å²) in [6, 6.07) is 20.2. The highest BCUT2D eigenvalue weighted by Crippen LogP contribution is 2.49. The molecule has 202 valence electrons. The van der Waals surface area contributed by atoms with Crippen LogP contribution in [-0.4, -0.2) is 37.3 Å². The molecular weight excluding hydrogens is 490 g/mol. The standard InChI is InChI=1S/C33H35NO5/c1-5-36-27-15-14-24(19-28(27)37-6-2)31-26(21-35)32(22-12-10-9-11-13-22)34-17-16-23-18-29(38-7-3)30(39-8-4)20-25(23)33(31)34/h9-15,18-21H,5-8,16-17H2,1-4H3. The number of aldehydes is 1. The van der Waals surface area contributed by atoms with Crippen molar-refractivity contribution in [3.8, 4) is 56.6 Å². The molecular formula is C33H35NO5. The maximum atomic E-state index is 12.9. The van der Waals surface area contributed by atoms with Crippen molar-refractivity contribution >= 4 is 6.29 Å². The van der Waals surface area contributed by atoms with Crippen LogP contribution >= 0.6 is 0 Å². The summed E-state index contributed by atoms with van der Waals surface area (Å²) in [4.78, 5) is 12.9. The Morgan fingerprint density at radius 2 is 1.31 bits per heavy atom. The number of carbonyl (C=O) groups excluding carboxylic acids is 1. The summed E-state index contributed by atoms with van der Waals surface area (Å²) < 4.78 is 26.0. The summed E-state index contributed by atoms with van der Waals surface area (Å²) in [5, 5.41) is 0. The van der Waals surface area contributed by atoms with E-state index in [4.69, 9.17) is 18.9 Å². The van der Waals surface area contributed by atoms with Gasteiger partial charge in [0.05, 0.1) is 37.8 Å². The van der Waals surface area contributed by atoms with E-state index in [1.165, 1.54) is 5.56 Å². The van der Waals surface area contributed by atoms with E-state index in [9.17, 15) is 4.79 Å². The summed E-state index contributed by atoms with van der Waals surface area (Å²) in [7, 11) is 0. The Kier molecular flexibility index (Phi) is 7.92. The average Bonchev–Trinajstić information content (AvgIpc) is 3.30. The van der Waals surface area contributed by atoms with E-state index in [0.717, 1.165) is 58.6 Å². The lowest BCUT2D eigenvalue weighted by Crippen LogP contribution is -2.13. The van der Waals surface area contributed by atoms with Crippen molar-refractivity contribution < 1.29 is 23.7 Å². The van der Waals surface area contributed by atoms with Gasteiger partial charge in [0.25, 0.3) is 0 Å². The van der Waals surface area contributed by atoms with Gasteiger partial charge in [-0.05, 0) is 75.1 Å². The van der Waals surface area contributed by atoms with Crippen molar-refractivity contribution in [3.63, 3.8) is 0 Å². The molecule has 0 radical (unpaired) electrons. The van der Waals surface area contributed by atoms with E-state index in [2.05, 4.69) is 28.8 Å². The predicted octanol–water partition coefficient (Wildman–Crippen LogP) is 7.45. The number of ether oxygens (including phenoxy) is 4. The normalized spacial score (nSPS) is 11.9. The monoisotopic (exact) mass is 525 g/mol. The molecule has 0 N–H and O–H groups in total. The molecule has 0 atom stereocenters. The molecule has 6 heteroatoms. The number of hydrogen-bond acceptors (Lipinski definition) is 5. The van der Waals surface area contributed by atoms with Gasteiger partial charge in [0, 0.05) is 23.2 Å². The van der Waals surface area contributed by atoms with E-state index in [1.807, 2.05) is 64.1 Å². The second-order valence-electron chi connectivity index (χ2n) is 9.22. The molecule has 3 aromatic carbocycles. The third-order valence-electron chi connectivity index (χ3n) is 6.93. The maximum absolute atomic E-state index is 12.9. The average molecular weight is 526 g/mol. The van der Waals surface area contributed by atoms with Crippen molar-refractivity contribution in [1.82, 2.24) is 4.57 Å². The Balaban J connectivity index is 1.83. The minimum absolute atomic E-state index is 0.508. The Hall–Kier alpha value is -4.19. The topological polar surface area (TPSA) is 58.9 Å². The van der Waals surface area contributed by atoms with E-state index < -0.39 is 0 Å². The highest BCUT2D eigenvalue weighted by Gasteiger charge is 2.31. The molecule has 6 nitrogen and oxygen atoms in total. The van der Waals surface area contributed by atoms with Crippen molar-refractivity contribution in [2.45, 2.75) is 40.7 Å². The molecule has 1 aliphatic heterocycles. The molecule has 0 spiro atoms. The van der Waals surface area contributed by atoms with E-state index in [1.54, 1.807) is 0 Å². The summed E-state index contributed by atoms with van der Waals surface area (Å²) in [5.74, 6) is 2.80. The number of aromatic nitrogens is 1. The first-order valence-corrected chi connectivity index (χ1v) is 13.7. The second kappa shape index (κ2) is 11.7. The molecule has 0 amide bonds. The first-order valence-electron chi connectivity index (χ1n) is 13.7. The molecule has 1 aliphatic rings. The summed E-state index contributed by atoms with van der Waals surface area (Å²) in [5.41, 5.74) is 7.55. The number of carbonyl (C=O) groups is 1. The SMILES string of the molecule is CCOc1ccc(-c2c(C=O)c(-c3ccccc3)n3c2-c2cc(OCC)c(OCC)cc2CC3)cc1OCC. The van der Waals surface area contributed by atoms with Crippen molar-refractivity contribution in [2.24, 2.45) is 0 Å². The first kappa shape index (κ1) is 26.4. The number of fused-ring (bicyclic) bond motifs is 3. The minimum atomic E-state index is 0.508. The Morgan fingerprint density at radius 1 is 0.692 bits per heavy atom. The van der Waals surface area contributed by atoms with Crippen LogP contribution in [0.1, 0.15) is 43.6 Å². The molecule has 1 aromatic heterocycles. The first-order chi connectivity index (χ1) is 19.1. The van der Waals surface area contributed by atoms with Crippen molar-refractivity contribution in [3.05, 3.63) is 71.8 Å². The minimum Gasteiger partial charge on any atom is -0.490 e. The fourth-order valence-corrected chi connectivity index (χ4v) is 5.46. The lowest BCUT2D eigenvalue weighted by molar-refractivity contribution is 0.112. The molecule has 0 unspecified atom stereocenters. The molecule has 0 fully saturated rings. The van der Waals surface area contributed by atoms with Gasteiger partial charge >= 0.3 is 0 Å². The van der Waals surface area contributed by atoms with Crippen LogP contribution < -0.4 is 18.9 Å². The van der Waals surface area contributed by atoms with Crippen LogP contribution in [0, 0.1) is 0 Å². The van der Waals surface area contributed by atoms with Gasteiger partial charge in [-0.15, -0.1) is 0 Å². The predicted molar refractivity (Wildman–Crippen MR) is 155 cm³/mol. The largest absolute Gasteiger partial charge is 0.490 e. The Morgan fingerprint density at radius 3 is 1.95 bits per heavy atom. The molecule has 5 rings (SSSR count). The van der Waals surface area contributed by atoms with Gasteiger partial charge in [0.2, 0.25) is 0 Å². The van der Waals surface area contributed by atoms with E-state index in [0.29, 0.717) is 49.2 Å². The fourth-order valence-electron chi connectivity index (χ4n) is 5.46. The Bertz CT molecular complexity index is 1470. The number of rotatable bonds is 11. The third-order valence-corrected chi connectivity index (χ3v) is 6.93. The molecule has 2 heterocycles. The van der Waals surface area contributed by atoms with Gasteiger partial charge in [0.15, 0.2) is 29.3 Å². The van der Waals surface area contributed by atoms with Gasteiger partial charge in [-0.2, -0.15) is 0 Å². The highest BCUT2D eigenvalue weighted by molar-refractivity contribution is 6.03. The van der Waals surface area contributed by atoms with E-state index >= 15 is 0 Å². The second-order valence-corrected chi connectivity index (χ2v) is 9.22. The van der Waals surface area contributed by atoms with Gasteiger partial charge in [-0.3, -0.25) is 4.79 Å². The van der Waals surface area contributed by atoms with Crippen LogP contribution in [0.25, 0.3) is 33.6 Å². The van der Waals surface area contributed by atoms with Crippen LogP contribution in [0.4, 0.5) is 0 Å². The number of hydrogen-bond donors (Lipinski definition) is 0. The molecule has 0 aliphatic carbocycles. The smallest absolute Gasteiger partial charge is 0.161 e. The van der Waals surface area contributed by atoms with Gasteiger partial charge in [-0.25, -0.2) is 0 Å². The molecule has 4 aromatic rings. The van der Waals surface area contributed by atoms with Crippen LogP contribution in [0.2, 0.25) is 0 Å². The number of benzene rings is 3. The molecule has 0 bridgehead atoms. The van der Waals surface area contributed by atoms with Gasteiger partial charge in [-0.1, -0.05) is 36.4 Å². The number of nitrogens with zero attached hydrogens (tertiary/aromatic N) is 1. The molecule has 0 saturated carbocycles. The quantitative estimate of drug-likeness (QED) is 0.190. The van der Waals surface area contributed by atoms with Crippen LogP contribution in [-0.2, 0) is 13.0 Å². The summed E-state index contributed by atoms with van der Waals surface area (Å²) in [6.07, 6.45) is 1.80. The van der Waals surface area contributed by atoms with Crippen LogP contribution in [0.3, 0.4) is 0 Å². The van der Waals surface area contributed by atoms with E-state index in [-0.39, 0.29) is 0 Å². The fraction of sp³-hybridized carbons (Fsp3) is 0.303. The molecule has 39 heavy (non-hydrogen) atoms. The maximum Gasteiger partial charge on any atom is 0.161 e. The summed E-state index contributed by atoms with van der Waals surface area (Å²) >= 11 is 0. The zero-order valence-electron chi connectivity index (χ0n) is 23.1. The Labute approximate surface area is 230 Å². The van der Waals surface area contributed by atoms with Gasteiger partial charge < -0.3 is 23.5 Å². The van der Waals surface area contributed by atoms with Crippen molar-refractivity contribution in [1.29, 1.82) is 0 Å². The molecule has 0 saturated heterocycles. The van der Waals surface area contributed by atoms with Crippen LogP contribution in [0.5, 0.6) is 23.0 Å². The van der Waals surface area contributed by atoms with Crippen LogP contribution in [0.15, 0.2) is 60.7 Å². The van der Waals surface area contributed by atoms with Gasteiger partial charge in [0.1, 0.15) is 0 Å².